The molecule has 0 saturated carbocycles. The Kier molecular flexibility index (Phi) is 3.80. The molecule has 104 valence electrons. The molecule has 0 N–H and O–H groups in total. The minimum atomic E-state index is -0.548. The molecule has 7 heteroatoms. The van der Waals surface area contributed by atoms with Gasteiger partial charge in [0.25, 0.3) is 0 Å². The molecule has 1 aromatic heterocycles. The van der Waals surface area contributed by atoms with Crippen LogP contribution in [0.5, 0.6) is 0 Å². The van der Waals surface area contributed by atoms with E-state index in [1.165, 1.54) is 36.1 Å². The largest absolute Gasteiger partial charge is 0.331 e. The second kappa shape index (κ2) is 5.38. The molecule has 20 heavy (non-hydrogen) atoms. The Morgan fingerprint density at radius 3 is 2.65 bits per heavy atom. The average Bonchev–Trinajstić information content (AvgIpc) is 2.83. The number of hydrogen-bond acceptors (Lipinski definition) is 5. The monoisotopic (exact) mass is 294 g/mol. The van der Waals surface area contributed by atoms with Crippen molar-refractivity contribution in [2.24, 2.45) is 0 Å². The lowest BCUT2D eigenvalue weighted by Crippen LogP contribution is -2.09. The van der Waals surface area contributed by atoms with Crippen molar-refractivity contribution in [2.75, 3.05) is 11.9 Å². The highest BCUT2D eigenvalue weighted by Crippen LogP contribution is 2.40. The number of carbonyl (C=O) groups is 1. The van der Waals surface area contributed by atoms with E-state index in [4.69, 9.17) is 0 Å². The number of thiophene rings is 1. The summed E-state index contributed by atoms with van der Waals surface area (Å²) in [7, 11) is 1.59. The molecule has 0 fully saturated rings. The fourth-order valence-corrected chi connectivity index (χ4v) is 2.72. The zero-order valence-corrected chi connectivity index (χ0v) is 11.6. The van der Waals surface area contributed by atoms with E-state index in [2.05, 4.69) is 0 Å². The highest BCUT2D eigenvalue weighted by Gasteiger charge is 2.24. The third kappa shape index (κ3) is 2.67. The summed E-state index contributed by atoms with van der Waals surface area (Å²) in [6, 6.07) is 6.97. The van der Waals surface area contributed by atoms with Gasteiger partial charge in [-0.3, -0.25) is 14.9 Å². The topological polar surface area (TPSA) is 63.4 Å². The standard InChI is InChI=1S/C13H11FN2O3S/c1-8(17)12-7-11(16(18)19)13(20-12)15(2)10-5-3-4-9(14)6-10/h3-7H,1-2H3. The Labute approximate surface area is 118 Å². The molecule has 0 aliphatic rings. The minimum absolute atomic E-state index is 0.160. The van der Waals surface area contributed by atoms with Crippen LogP contribution in [0.25, 0.3) is 0 Å². The number of ketones is 1. The van der Waals surface area contributed by atoms with E-state index >= 15 is 0 Å². The lowest BCUT2D eigenvalue weighted by Gasteiger charge is -2.16. The third-order valence-corrected chi connectivity index (χ3v) is 4.04. The maximum absolute atomic E-state index is 13.2. The molecule has 1 aromatic carbocycles. The van der Waals surface area contributed by atoms with E-state index in [9.17, 15) is 19.3 Å². The van der Waals surface area contributed by atoms with Crippen LogP contribution >= 0.6 is 11.3 Å². The number of rotatable bonds is 4. The van der Waals surface area contributed by atoms with Crippen LogP contribution in [-0.2, 0) is 0 Å². The van der Waals surface area contributed by atoms with Crippen LogP contribution in [0, 0.1) is 15.9 Å². The van der Waals surface area contributed by atoms with Crippen LogP contribution in [0.15, 0.2) is 30.3 Å². The van der Waals surface area contributed by atoms with E-state index in [0.717, 1.165) is 11.3 Å². The summed E-state index contributed by atoms with van der Waals surface area (Å²) in [6.07, 6.45) is 0. The van der Waals surface area contributed by atoms with Crippen molar-refractivity contribution in [3.8, 4) is 0 Å². The van der Waals surface area contributed by atoms with Crippen molar-refractivity contribution >= 4 is 33.5 Å². The summed E-state index contributed by atoms with van der Waals surface area (Å²) in [6.45, 7) is 1.35. The molecule has 0 radical (unpaired) electrons. The number of nitrogens with zero attached hydrogens (tertiary/aromatic N) is 2. The zero-order valence-electron chi connectivity index (χ0n) is 10.8. The number of benzene rings is 1. The second-order valence-electron chi connectivity index (χ2n) is 4.15. The first-order valence-electron chi connectivity index (χ1n) is 5.68. The SMILES string of the molecule is CC(=O)c1cc([N+](=O)[O-])c(N(C)c2cccc(F)c2)s1. The van der Waals surface area contributed by atoms with E-state index in [-0.39, 0.29) is 11.5 Å². The average molecular weight is 294 g/mol. The molecule has 0 aliphatic carbocycles. The Bertz CT molecular complexity index is 684. The number of nitro groups is 1. The van der Waals surface area contributed by atoms with Gasteiger partial charge in [0.1, 0.15) is 5.82 Å². The van der Waals surface area contributed by atoms with Crippen LogP contribution in [0.1, 0.15) is 16.6 Å². The Balaban J connectivity index is 2.50. The first-order valence-corrected chi connectivity index (χ1v) is 6.50. The zero-order chi connectivity index (χ0) is 14.9. The lowest BCUT2D eigenvalue weighted by atomic mass is 10.3. The van der Waals surface area contributed by atoms with E-state index < -0.39 is 10.7 Å². The van der Waals surface area contributed by atoms with Gasteiger partial charge in [-0.2, -0.15) is 0 Å². The van der Waals surface area contributed by atoms with Crippen LogP contribution in [0.4, 0.5) is 20.8 Å². The van der Waals surface area contributed by atoms with Gasteiger partial charge in [-0.05, 0) is 25.1 Å². The van der Waals surface area contributed by atoms with Crippen LogP contribution in [-0.4, -0.2) is 17.8 Å². The molecular weight excluding hydrogens is 283 g/mol. The van der Waals surface area contributed by atoms with Crippen molar-refractivity contribution in [1.82, 2.24) is 0 Å². The lowest BCUT2D eigenvalue weighted by molar-refractivity contribution is -0.383. The maximum Gasteiger partial charge on any atom is 0.304 e. The first kappa shape index (κ1) is 14.1. The summed E-state index contributed by atoms with van der Waals surface area (Å²) in [5.41, 5.74) is 0.317. The van der Waals surface area contributed by atoms with Gasteiger partial charge in [-0.1, -0.05) is 6.07 Å². The number of anilines is 2. The molecule has 2 aromatic rings. The Hall–Kier alpha value is -2.28. The third-order valence-electron chi connectivity index (χ3n) is 2.74. The van der Waals surface area contributed by atoms with Crippen molar-refractivity contribution in [3.05, 3.63) is 51.1 Å². The van der Waals surface area contributed by atoms with Gasteiger partial charge in [0, 0.05) is 18.8 Å². The van der Waals surface area contributed by atoms with Crippen LogP contribution < -0.4 is 4.90 Å². The van der Waals surface area contributed by atoms with Crippen molar-refractivity contribution < 1.29 is 14.1 Å². The number of halogens is 1. The highest BCUT2D eigenvalue weighted by atomic mass is 32.1. The van der Waals surface area contributed by atoms with Gasteiger partial charge >= 0.3 is 5.69 Å². The quantitative estimate of drug-likeness (QED) is 0.489. The van der Waals surface area contributed by atoms with E-state index in [1.54, 1.807) is 13.1 Å². The first-order chi connectivity index (χ1) is 9.40. The van der Waals surface area contributed by atoms with Crippen molar-refractivity contribution in [3.63, 3.8) is 0 Å². The van der Waals surface area contributed by atoms with E-state index in [0.29, 0.717) is 15.6 Å². The van der Waals surface area contributed by atoms with Gasteiger partial charge in [-0.15, -0.1) is 11.3 Å². The van der Waals surface area contributed by atoms with Gasteiger partial charge in [-0.25, -0.2) is 4.39 Å². The number of hydrogen-bond donors (Lipinski definition) is 0. The van der Waals surface area contributed by atoms with Gasteiger partial charge in [0.05, 0.1) is 9.80 Å². The molecule has 0 saturated heterocycles. The predicted molar refractivity (Wildman–Crippen MR) is 75.4 cm³/mol. The predicted octanol–water partition coefficient (Wildman–Crippen LogP) is 3.77. The highest BCUT2D eigenvalue weighted by molar-refractivity contribution is 7.18. The van der Waals surface area contributed by atoms with Crippen molar-refractivity contribution in [1.29, 1.82) is 0 Å². The van der Waals surface area contributed by atoms with Crippen molar-refractivity contribution in [2.45, 2.75) is 6.92 Å². The fourth-order valence-electron chi connectivity index (χ4n) is 1.72. The molecule has 0 unspecified atom stereocenters. The summed E-state index contributed by atoms with van der Waals surface area (Å²) in [5, 5.41) is 11.4. The van der Waals surface area contributed by atoms with E-state index in [1.807, 2.05) is 0 Å². The van der Waals surface area contributed by atoms with Gasteiger partial charge in [0.15, 0.2) is 10.8 Å². The fraction of sp³-hybridized carbons (Fsp3) is 0.154. The molecule has 1 heterocycles. The minimum Gasteiger partial charge on any atom is -0.331 e. The summed E-state index contributed by atoms with van der Waals surface area (Å²) >= 11 is 1.02. The van der Waals surface area contributed by atoms with Gasteiger partial charge < -0.3 is 4.90 Å². The molecule has 0 spiro atoms. The Morgan fingerprint density at radius 2 is 2.10 bits per heavy atom. The molecular formula is C13H11FN2O3S. The normalized spacial score (nSPS) is 10.3. The molecule has 0 atom stereocenters. The summed E-state index contributed by atoms with van der Waals surface area (Å²) < 4.78 is 13.2. The molecule has 5 nitrogen and oxygen atoms in total. The Morgan fingerprint density at radius 1 is 1.40 bits per heavy atom. The smallest absolute Gasteiger partial charge is 0.304 e. The number of carbonyl (C=O) groups excluding carboxylic acids is 1. The number of Topliss-reactive ketones (excluding diaryl/α,β-unsaturated/α-hetero) is 1. The maximum atomic E-state index is 13.2. The van der Waals surface area contributed by atoms with Crippen LogP contribution in [0.3, 0.4) is 0 Å². The second-order valence-corrected chi connectivity index (χ2v) is 5.18. The summed E-state index contributed by atoms with van der Waals surface area (Å²) in [4.78, 5) is 23.7. The molecule has 2 rings (SSSR count). The van der Waals surface area contributed by atoms with Crippen LogP contribution in [0.2, 0.25) is 0 Å². The summed E-state index contributed by atoms with van der Waals surface area (Å²) in [5.74, 6) is -0.669. The van der Waals surface area contributed by atoms with Gasteiger partial charge in [0.2, 0.25) is 0 Å². The molecule has 0 bridgehead atoms. The molecule has 0 aliphatic heterocycles. The molecule has 0 amide bonds.